The van der Waals surface area contributed by atoms with Gasteiger partial charge >= 0.3 is 0 Å². The number of hydrogen-bond donors (Lipinski definition) is 1. The highest BCUT2D eigenvalue weighted by Gasteiger charge is 2.14. The van der Waals surface area contributed by atoms with Crippen molar-refractivity contribution < 1.29 is 4.79 Å². The summed E-state index contributed by atoms with van der Waals surface area (Å²) in [5.41, 5.74) is 1.75. The third kappa shape index (κ3) is 4.34. The van der Waals surface area contributed by atoms with E-state index in [1.807, 2.05) is 30.3 Å². The van der Waals surface area contributed by atoms with Crippen molar-refractivity contribution in [3.63, 3.8) is 0 Å². The number of rotatable bonds is 6. The van der Waals surface area contributed by atoms with Crippen LogP contribution in [0.5, 0.6) is 0 Å². The number of amides is 1. The van der Waals surface area contributed by atoms with E-state index >= 15 is 0 Å². The Bertz CT molecular complexity index is 1270. The zero-order valence-electron chi connectivity index (χ0n) is 15.6. The fraction of sp³-hybridized carbons (Fsp3) is 0.150. The van der Waals surface area contributed by atoms with Gasteiger partial charge < -0.3 is 5.32 Å². The molecule has 0 saturated carbocycles. The van der Waals surface area contributed by atoms with E-state index < -0.39 is 5.56 Å². The Hall–Kier alpha value is -3.23. The molecular weight excluding hydrogens is 427 g/mol. The summed E-state index contributed by atoms with van der Waals surface area (Å²) in [7, 11) is 0. The first-order chi connectivity index (χ1) is 14.5. The quantitative estimate of drug-likeness (QED) is 0.495. The summed E-state index contributed by atoms with van der Waals surface area (Å²) in [5.74, 6) is -0.341. The molecule has 1 amide bonds. The van der Waals surface area contributed by atoms with E-state index in [0.717, 1.165) is 11.1 Å². The Morgan fingerprint density at radius 2 is 1.83 bits per heavy atom. The van der Waals surface area contributed by atoms with E-state index in [9.17, 15) is 9.59 Å². The van der Waals surface area contributed by atoms with Gasteiger partial charge in [0.05, 0.1) is 6.54 Å². The molecular formula is C20H16Cl2N6O2. The highest BCUT2D eigenvalue weighted by molar-refractivity contribution is 6.31. The first-order valence-corrected chi connectivity index (χ1v) is 9.80. The third-order valence-corrected chi connectivity index (χ3v) is 5.11. The summed E-state index contributed by atoms with van der Waals surface area (Å²) in [6, 6.07) is 14.5. The van der Waals surface area contributed by atoms with Gasteiger partial charge in [-0.05, 0) is 29.3 Å². The maximum Gasteiger partial charge on any atom is 0.283 e. The number of halogens is 2. The van der Waals surface area contributed by atoms with Crippen molar-refractivity contribution in [1.29, 1.82) is 0 Å². The molecule has 4 rings (SSSR count). The normalized spacial score (nSPS) is 11.0. The van der Waals surface area contributed by atoms with E-state index in [2.05, 4.69) is 20.6 Å². The predicted molar refractivity (Wildman–Crippen MR) is 113 cm³/mol. The molecule has 0 bridgehead atoms. The average molecular weight is 443 g/mol. The van der Waals surface area contributed by atoms with Crippen LogP contribution in [0.25, 0.3) is 11.2 Å². The zero-order chi connectivity index (χ0) is 21.1. The summed E-state index contributed by atoms with van der Waals surface area (Å²) in [5, 5.41) is 11.9. The Morgan fingerprint density at radius 3 is 2.60 bits per heavy atom. The highest BCUT2D eigenvalue weighted by atomic mass is 35.5. The van der Waals surface area contributed by atoms with E-state index in [-0.39, 0.29) is 24.5 Å². The molecule has 0 atom stereocenters. The van der Waals surface area contributed by atoms with E-state index in [0.29, 0.717) is 22.2 Å². The summed E-state index contributed by atoms with van der Waals surface area (Å²) in [6.07, 6.45) is 1.32. The van der Waals surface area contributed by atoms with E-state index in [1.54, 1.807) is 18.2 Å². The van der Waals surface area contributed by atoms with Crippen molar-refractivity contribution in [1.82, 2.24) is 29.9 Å². The molecule has 0 saturated heterocycles. The number of fused-ring (bicyclic) bond motifs is 1. The minimum absolute atomic E-state index is 0.102. The van der Waals surface area contributed by atoms with Gasteiger partial charge in [-0.2, -0.15) is 0 Å². The molecule has 10 heteroatoms. The minimum atomic E-state index is -0.435. The minimum Gasteiger partial charge on any atom is -0.350 e. The van der Waals surface area contributed by atoms with Crippen molar-refractivity contribution in [3.05, 3.63) is 86.4 Å². The monoisotopic (exact) mass is 442 g/mol. The van der Waals surface area contributed by atoms with Gasteiger partial charge in [-0.3, -0.25) is 14.2 Å². The van der Waals surface area contributed by atoms with Gasteiger partial charge in [0.15, 0.2) is 11.2 Å². The molecule has 0 unspecified atom stereocenters. The lowest BCUT2D eigenvalue weighted by atomic mass is 10.2. The van der Waals surface area contributed by atoms with Crippen LogP contribution < -0.4 is 10.9 Å². The number of carbonyl (C=O) groups is 1. The van der Waals surface area contributed by atoms with Gasteiger partial charge in [-0.15, -0.1) is 5.10 Å². The molecule has 0 spiro atoms. The third-order valence-electron chi connectivity index (χ3n) is 4.49. The standard InChI is InChI=1S/C20H16Cl2N6O2/c21-15-7-5-13(6-8-15)10-28-19-18(25-26-28)20(30)27(12-24-19)11-17(29)23-9-14-3-1-2-4-16(14)22/h1-8,12H,9-11H2,(H,23,29). The molecule has 0 fully saturated rings. The van der Waals surface area contributed by atoms with Crippen LogP contribution in [0.2, 0.25) is 10.0 Å². The summed E-state index contributed by atoms with van der Waals surface area (Å²) >= 11 is 12.0. The molecule has 0 radical (unpaired) electrons. The second-order valence-electron chi connectivity index (χ2n) is 6.59. The van der Waals surface area contributed by atoms with Gasteiger partial charge in [0, 0.05) is 16.6 Å². The predicted octanol–water partition coefficient (Wildman–Crippen LogP) is 2.66. The number of hydrogen-bond acceptors (Lipinski definition) is 5. The van der Waals surface area contributed by atoms with Crippen LogP contribution in [0, 0.1) is 0 Å². The smallest absolute Gasteiger partial charge is 0.283 e. The number of nitrogens with zero attached hydrogens (tertiary/aromatic N) is 5. The van der Waals surface area contributed by atoms with Gasteiger partial charge in [-0.1, -0.05) is 58.7 Å². The second-order valence-corrected chi connectivity index (χ2v) is 7.44. The van der Waals surface area contributed by atoms with Crippen LogP contribution >= 0.6 is 23.2 Å². The molecule has 0 aliphatic rings. The second kappa shape index (κ2) is 8.64. The fourth-order valence-corrected chi connectivity index (χ4v) is 3.24. The molecule has 8 nitrogen and oxygen atoms in total. The molecule has 30 heavy (non-hydrogen) atoms. The molecule has 0 aliphatic heterocycles. The molecule has 2 heterocycles. The maximum atomic E-state index is 12.7. The van der Waals surface area contributed by atoms with Crippen LogP contribution in [-0.2, 0) is 24.4 Å². The fourth-order valence-electron chi connectivity index (χ4n) is 2.92. The van der Waals surface area contributed by atoms with Gasteiger partial charge in [0.1, 0.15) is 12.9 Å². The van der Waals surface area contributed by atoms with Crippen molar-refractivity contribution in [3.8, 4) is 0 Å². The zero-order valence-corrected chi connectivity index (χ0v) is 17.1. The Balaban J connectivity index is 1.48. The van der Waals surface area contributed by atoms with Crippen LogP contribution in [0.3, 0.4) is 0 Å². The molecule has 152 valence electrons. The molecule has 4 aromatic rings. The average Bonchev–Trinajstić information content (AvgIpc) is 3.14. The lowest BCUT2D eigenvalue weighted by molar-refractivity contribution is -0.121. The number of nitrogens with one attached hydrogen (secondary N) is 1. The topological polar surface area (TPSA) is 94.7 Å². The number of carbonyl (C=O) groups excluding carboxylic acids is 1. The summed E-state index contributed by atoms with van der Waals surface area (Å²) < 4.78 is 2.73. The molecule has 1 N–H and O–H groups in total. The number of aromatic nitrogens is 5. The highest BCUT2D eigenvalue weighted by Crippen LogP contribution is 2.14. The first-order valence-electron chi connectivity index (χ1n) is 9.04. The Labute approximate surface area is 181 Å². The molecule has 2 aromatic carbocycles. The lowest BCUT2D eigenvalue weighted by Gasteiger charge is -2.08. The first kappa shape index (κ1) is 20.1. The number of benzene rings is 2. The van der Waals surface area contributed by atoms with E-state index in [4.69, 9.17) is 23.2 Å². The summed E-state index contributed by atoms with van der Waals surface area (Å²) in [6.45, 7) is 0.471. The summed E-state index contributed by atoms with van der Waals surface area (Å²) in [4.78, 5) is 29.2. The van der Waals surface area contributed by atoms with Gasteiger partial charge in [-0.25, -0.2) is 9.67 Å². The molecule has 0 aliphatic carbocycles. The van der Waals surface area contributed by atoms with Gasteiger partial charge in [0.25, 0.3) is 5.56 Å². The maximum absolute atomic E-state index is 12.7. The largest absolute Gasteiger partial charge is 0.350 e. The van der Waals surface area contributed by atoms with Gasteiger partial charge in [0.2, 0.25) is 5.91 Å². The van der Waals surface area contributed by atoms with Crippen molar-refractivity contribution in [2.24, 2.45) is 0 Å². The van der Waals surface area contributed by atoms with Crippen LogP contribution in [-0.4, -0.2) is 30.5 Å². The van der Waals surface area contributed by atoms with Crippen LogP contribution in [0.1, 0.15) is 11.1 Å². The lowest BCUT2D eigenvalue weighted by Crippen LogP contribution is -2.32. The van der Waals surface area contributed by atoms with E-state index in [1.165, 1.54) is 15.6 Å². The Kier molecular flexibility index (Phi) is 5.78. The van der Waals surface area contributed by atoms with Crippen LogP contribution in [0.4, 0.5) is 0 Å². The van der Waals surface area contributed by atoms with Crippen molar-refractivity contribution >= 4 is 40.3 Å². The Morgan fingerprint density at radius 1 is 1.07 bits per heavy atom. The van der Waals surface area contributed by atoms with Crippen molar-refractivity contribution in [2.45, 2.75) is 19.6 Å². The van der Waals surface area contributed by atoms with Crippen molar-refractivity contribution in [2.75, 3.05) is 0 Å². The molecule has 2 aromatic heterocycles. The SMILES string of the molecule is O=C(Cn1cnc2c(nnn2Cc2ccc(Cl)cc2)c1=O)NCc1ccccc1Cl. The van der Waals surface area contributed by atoms with Crippen LogP contribution in [0.15, 0.2) is 59.7 Å².